The summed E-state index contributed by atoms with van der Waals surface area (Å²) in [7, 11) is 0.973. The fraction of sp³-hybridized carbons (Fsp3) is 0.636. The lowest BCUT2D eigenvalue weighted by atomic mass is 10.4. The number of aromatic nitrogens is 4. The molecule has 0 aliphatic rings. The van der Waals surface area contributed by atoms with Gasteiger partial charge in [0.2, 0.25) is 5.69 Å². The van der Waals surface area contributed by atoms with Crippen LogP contribution in [0.25, 0.3) is 0 Å². The molecule has 1 N–H and O–H groups in total. The number of methoxy groups -OCH3 is 2. The standard InChI is InChI=1S/C11H20N2O4Si.C10H20N2O2Si.CO2/c1-16-9-7-13(12-10(9)11(14)15)8-17-5-6-18(2,3)4;1-13-10-7-11-12(8-10)9-14-5-6-15(2,3)4;2-1-3/h7H,5-6,8H2,1-4H3,(H,14,15);7-8H,5-6,9H2,1-4H3;. The van der Waals surface area contributed by atoms with Crippen LogP contribution in [0.1, 0.15) is 10.5 Å². The lowest BCUT2D eigenvalue weighted by molar-refractivity contribution is -0.191. The molecule has 0 saturated carbocycles. The van der Waals surface area contributed by atoms with E-state index < -0.39 is 22.1 Å². The molecule has 0 amide bonds. The molecule has 0 aliphatic carbocycles. The first-order valence-electron chi connectivity index (χ1n) is 11.3. The molecular weight excluding hydrogens is 504 g/mol. The molecule has 2 rings (SSSR count). The van der Waals surface area contributed by atoms with Crippen molar-refractivity contribution in [2.75, 3.05) is 27.4 Å². The Hall–Kier alpha value is -2.78. The maximum absolute atomic E-state index is 10.9. The van der Waals surface area contributed by atoms with Crippen LogP contribution in [0.4, 0.5) is 0 Å². The van der Waals surface area contributed by atoms with E-state index in [-0.39, 0.29) is 24.3 Å². The SMILES string of the molecule is COc1cn(COCC[Si](C)(C)C)nc1C(=O)O.COc1cnn(COCC[Si](C)(C)C)c1.O=C=O. The molecule has 0 radical (unpaired) electrons. The minimum absolute atomic E-state index is 0.0914. The van der Waals surface area contributed by atoms with Gasteiger partial charge in [0, 0.05) is 29.4 Å². The van der Waals surface area contributed by atoms with Gasteiger partial charge in [0.15, 0.2) is 11.5 Å². The Balaban J connectivity index is 0.000000621. The average molecular weight is 545 g/mol. The van der Waals surface area contributed by atoms with Gasteiger partial charge in [0.05, 0.1) is 32.8 Å². The van der Waals surface area contributed by atoms with E-state index in [1.54, 1.807) is 18.0 Å². The van der Waals surface area contributed by atoms with Gasteiger partial charge in [0.1, 0.15) is 13.5 Å². The number of carbonyl (C=O) groups is 1. The van der Waals surface area contributed by atoms with Crippen LogP contribution in [-0.2, 0) is 32.5 Å². The first-order chi connectivity index (χ1) is 16.8. The van der Waals surface area contributed by atoms with E-state index in [1.807, 2.05) is 6.20 Å². The number of ether oxygens (including phenoxy) is 4. The van der Waals surface area contributed by atoms with Crippen LogP contribution in [0.2, 0.25) is 51.4 Å². The Morgan fingerprint density at radius 1 is 0.917 bits per heavy atom. The Kier molecular flexibility index (Phi) is 15.5. The summed E-state index contributed by atoms with van der Waals surface area (Å²) in [5.74, 6) is -0.0900. The number of aromatic carboxylic acids is 1. The lowest BCUT2D eigenvalue weighted by Gasteiger charge is -2.15. The summed E-state index contributed by atoms with van der Waals surface area (Å²) in [5, 5.41) is 16.9. The Labute approximate surface area is 214 Å². The van der Waals surface area contributed by atoms with Crippen LogP contribution < -0.4 is 9.47 Å². The Morgan fingerprint density at radius 2 is 1.42 bits per heavy atom. The topological polar surface area (TPSA) is 144 Å². The van der Waals surface area contributed by atoms with Crippen molar-refractivity contribution in [3.05, 3.63) is 24.3 Å². The normalized spacial score (nSPS) is 10.9. The van der Waals surface area contributed by atoms with Crippen LogP contribution in [0.3, 0.4) is 0 Å². The predicted molar refractivity (Wildman–Crippen MR) is 138 cm³/mol. The summed E-state index contributed by atoms with van der Waals surface area (Å²) >= 11 is 0. The number of rotatable bonds is 13. The summed E-state index contributed by atoms with van der Waals surface area (Å²) < 4.78 is 24.1. The minimum atomic E-state index is -1.10. The third kappa shape index (κ3) is 16.0. The highest BCUT2D eigenvalue weighted by atomic mass is 28.3. The molecule has 0 unspecified atom stereocenters. The molecule has 0 aliphatic heterocycles. The molecular formula is C22H40N4O8Si2. The van der Waals surface area contributed by atoms with Crippen LogP contribution in [0.15, 0.2) is 18.6 Å². The molecule has 0 bridgehead atoms. The Bertz CT molecular complexity index is 929. The van der Waals surface area contributed by atoms with Gasteiger partial charge in [-0.15, -0.1) is 0 Å². The van der Waals surface area contributed by atoms with E-state index in [9.17, 15) is 4.79 Å². The monoisotopic (exact) mass is 544 g/mol. The quantitative estimate of drug-likeness (QED) is 0.294. The Morgan fingerprint density at radius 3 is 1.78 bits per heavy atom. The molecule has 0 fully saturated rings. The van der Waals surface area contributed by atoms with Gasteiger partial charge in [0.25, 0.3) is 0 Å². The van der Waals surface area contributed by atoms with Crippen molar-refractivity contribution in [2.24, 2.45) is 0 Å². The average Bonchev–Trinajstić information content (AvgIpc) is 3.41. The first-order valence-corrected chi connectivity index (χ1v) is 18.7. The summed E-state index contributed by atoms with van der Waals surface area (Å²) in [6.07, 6.45) is 5.29. The van der Waals surface area contributed by atoms with Crippen LogP contribution >= 0.6 is 0 Å². The van der Waals surface area contributed by atoms with Gasteiger partial charge in [-0.2, -0.15) is 19.8 Å². The molecule has 36 heavy (non-hydrogen) atoms. The zero-order chi connectivity index (χ0) is 27.8. The number of carboxylic acid groups (broad SMARTS) is 1. The molecule has 0 spiro atoms. The van der Waals surface area contributed by atoms with E-state index in [0.29, 0.717) is 13.3 Å². The van der Waals surface area contributed by atoms with Crippen molar-refractivity contribution >= 4 is 28.3 Å². The van der Waals surface area contributed by atoms with E-state index in [1.165, 1.54) is 24.0 Å². The number of hydrogen-bond acceptors (Lipinski definition) is 9. The van der Waals surface area contributed by atoms with Crippen LogP contribution in [0.5, 0.6) is 11.5 Å². The third-order valence-corrected chi connectivity index (χ3v) is 7.84. The van der Waals surface area contributed by atoms with Crippen molar-refractivity contribution in [2.45, 2.75) is 64.8 Å². The fourth-order valence-corrected chi connectivity index (χ4v) is 3.87. The number of carboxylic acids is 1. The third-order valence-electron chi connectivity index (χ3n) is 4.44. The second-order valence-electron chi connectivity index (χ2n) is 10.1. The molecule has 0 aromatic carbocycles. The van der Waals surface area contributed by atoms with Crippen molar-refractivity contribution in [3.8, 4) is 11.5 Å². The molecule has 2 aromatic heterocycles. The molecule has 12 nitrogen and oxygen atoms in total. The van der Waals surface area contributed by atoms with Gasteiger partial charge in [-0.1, -0.05) is 39.3 Å². The van der Waals surface area contributed by atoms with Gasteiger partial charge in [-0.3, -0.25) is 0 Å². The lowest BCUT2D eigenvalue weighted by Crippen LogP contribution is -2.22. The molecule has 0 atom stereocenters. The molecule has 14 heteroatoms. The maximum Gasteiger partial charge on any atom is 0.373 e. The van der Waals surface area contributed by atoms with Crippen LogP contribution in [-0.4, -0.2) is 80.4 Å². The smallest absolute Gasteiger partial charge is 0.373 e. The number of carbonyl (C=O) groups excluding carboxylic acids is 2. The number of nitrogens with zero attached hydrogens (tertiary/aromatic N) is 4. The summed E-state index contributed by atoms with van der Waals surface area (Å²) in [5.41, 5.74) is -0.0914. The predicted octanol–water partition coefficient (Wildman–Crippen LogP) is 3.52. The zero-order valence-corrected chi connectivity index (χ0v) is 24.6. The van der Waals surface area contributed by atoms with E-state index in [0.717, 1.165) is 18.4 Å². The molecule has 204 valence electrons. The summed E-state index contributed by atoms with van der Waals surface area (Å²) in [6, 6.07) is 2.25. The van der Waals surface area contributed by atoms with Gasteiger partial charge >= 0.3 is 12.1 Å². The van der Waals surface area contributed by atoms with Crippen molar-refractivity contribution in [3.63, 3.8) is 0 Å². The highest BCUT2D eigenvalue weighted by Crippen LogP contribution is 2.16. The second-order valence-corrected chi connectivity index (χ2v) is 21.3. The van der Waals surface area contributed by atoms with Crippen molar-refractivity contribution < 1.29 is 38.4 Å². The molecule has 2 heterocycles. The van der Waals surface area contributed by atoms with Gasteiger partial charge < -0.3 is 24.1 Å². The second kappa shape index (κ2) is 16.8. The summed E-state index contributed by atoms with van der Waals surface area (Å²) in [4.78, 5) is 27.1. The van der Waals surface area contributed by atoms with E-state index in [4.69, 9.17) is 33.6 Å². The van der Waals surface area contributed by atoms with Crippen molar-refractivity contribution in [1.29, 1.82) is 0 Å². The van der Waals surface area contributed by atoms with Gasteiger partial charge in [-0.05, 0) is 12.1 Å². The van der Waals surface area contributed by atoms with Crippen LogP contribution in [0, 0.1) is 0 Å². The molecule has 0 saturated heterocycles. The summed E-state index contributed by atoms with van der Waals surface area (Å²) in [6.45, 7) is 16.1. The van der Waals surface area contributed by atoms with E-state index >= 15 is 0 Å². The first kappa shape index (κ1) is 33.2. The van der Waals surface area contributed by atoms with E-state index in [2.05, 4.69) is 49.5 Å². The largest absolute Gasteiger partial charge is 0.493 e. The molecule has 2 aromatic rings. The highest BCUT2D eigenvalue weighted by Gasteiger charge is 2.17. The zero-order valence-electron chi connectivity index (χ0n) is 22.6. The van der Waals surface area contributed by atoms with Gasteiger partial charge in [-0.25, -0.2) is 14.2 Å². The highest BCUT2D eigenvalue weighted by molar-refractivity contribution is 6.76. The number of hydrogen-bond donors (Lipinski definition) is 1. The van der Waals surface area contributed by atoms with Crippen molar-refractivity contribution in [1.82, 2.24) is 19.6 Å². The minimum Gasteiger partial charge on any atom is -0.493 e. The fourth-order valence-electron chi connectivity index (χ4n) is 2.36. The maximum atomic E-state index is 10.9.